The summed E-state index contributed by atoms with van der Waals surface area (Å²) in [6.07, 6.45) is 0. The van der Waals surface area contributed by atoms with Crippen molar-refractivity contribution in [2.75, 3.05) is 0 Å². The highest BCUT2D eigenvalue weighted by atomic mass is 32.1. The normalized spacial score (nSPS) is 12.4. The summed E-state index contributed by atoms with van der Waals surface area (Å²) in [5.74, 6) is 0.305. The summed E-state index contributed by atoms with van der Waals surface area (Å²) >= 11 is 1.54. The van der Waals surface area contributed by atoms with Gasteiger partial charge in [0, 0.05) is 22.7 Å². The Hall–Kier alpha value is -1.46. The van der Waals surface area contributed by atoms with Crippen LogP contribution in [0.25, 0.3) is 0 Å². The average Bonchev–Trinajstić information content (AvgIpc) is 2.73. The van der Waals surface area contributed by atoms with Crippen molar-refractivity contribution in [3.05, 3.63) is 45.7 Å². The van der Waals surface area contributed by atoms with Gasteiger partial charge in [-0.1, -0.05) is 0 Å². The van der Waals surface area contributed by atoms with E-state index < -0.39 is 0 Å². The van der Waals surface area contributed by atoms with Crippen molar-refractivity contribution in [2.45, 2.75) is 26.5 Å². The first kappa shape index (κ1) is 13.0. The molecule has 0 spiro atoms. The molecule has 0 fully saturated rings. The van der Waals surface area contributed by atoms with Crippen LogP contribution >= 0.6 is 11.3 Å². The highest BCUT2D eigenvalue weighted by molar-refractivity contribution is 7.09. The Morgan fingerprint density at radius 3 is 2.89 bits per heavy atom. The van der Waals surface area contributed by atoms with Gasteiger partial charge in [-0.25, -0.2) is 9.37 Å². The molecule has 0 amide bonds. The monoisotopic (exact) mass is 266 g/mol. The quantitative estimate of drug-likeness (QED) is 0.924. The Labute approximate surface area is 109 Å². The smallest absolute Gasteiger partial charge is 0.140 e. The van der Waals surface area contributed by atoms with Gasteiger partial charge in [0.2, 0.25) is 0 Å². The van der Waals surface area contributed by atoms with E-state index in [0.717, 1.165) is 10.7 Å². The minimum absolute atomic E-state index is 0.270. The number of nitrogens with two attached hydrogens (primary N) is 1. The summed E-state index contributed by atoms with van der Waals surface area (Å²) in [6.45, 7) is 4.12. The van der Waals surface area contributed by atoms with Crippen molar-refractivity contribution in [1.82, 2.24) is 4.98 Å². The second-order valence-electron chi connectivity index (χ2n) is 4.14. The molecule has 96 valence electrons. The van der Waals surface area contributed by atoms with Crippen molar-refractivity contribution in [1.29, 1.82) is 0 Å². The lowest BCUT2D eigenvalue weighted by molar-refractivity contribution is 0.300. The third-order valence-electron chi connectivity index (χ3n) is 2.48. The maximum absolute atomic E-state index is 13.2. The number of nitrogens with zero attached hydrogens (tertiary/aromatic N) is 1. The highest BCUT2D eigenvalue weighted by Gasteiger charge is 2.10. The highest BCUT2D eigenvalue weighted by Crippen LogP contribution is 2.25. The lowest BCUT2D eigenvalue weighted by Gasteiger charge is -2.13. The second-order valence-corrected chi connectivity index (χ2v) is 5.08. The number of hydrogen-bond donors (Lipinski definition) is 1. The fourth-order valence-electron chi connectivity index (χ4n) is 1.62. The molecule has 1 atom stereocenters. The van der Waals surface area contributed by atoms with Crippen molar-refractivity contribution in [3.63, 3.8) is 0 Å². The molecule has 2 aromatic rings. The maximum Gasteiger partial charge on any atom is 0.140 e. The predicted molar refractivity (Wildman–Crippen MR) is 70.2 cm³/mol. The van der Waals surface area contributed by atoms with Gasteiger partial charge in [0.15, 0.2) is 0 Å². The van der Waals surface area contributed by atoms with Gasteiger partial charge >= 0.3 is 0 Å². The number of aromatic nitrogens is 1. The molecule has 0 saturated carbocycles. The van der Waals surface area contributed by atoms with Crippen LogP contribution in [0, 0.1) is 12.7 Å². The summed E-state index contributed by atoms with van der Waals surface area (Å²) in [6, 6.07) is 4.12. The number of halogens is 1. The van der Waals surface area contributed by atoms with Crippen LogP contribution in [0.15, 0.2) is 23.6 Å². The third-order valence-corrected chi connectivity index (χ3v) is 3.42. The van der Waals surface area contributed by atoms with Crippen LogP contribution in [-0.4, -0.2) is 4.98 Å². The van der Waals surface area contributed by atoms with E-state index in [-0.39, 0.29) is 11.9 Å². The Morgan fingerprint density at radius 1 is 1.50 bits per heavy atom. The molecule has 0 unspecified atom stereocenters. The van der Waals surface area contributed by atoms with Gasteiger partial charge < -0.3 is 10.5 Å². The van der Waals surface area contributed by atoms with E-state index in [0.29, 0.717) is 17.9 Å². The van der Waals surface area contributed by atoms with Crippen LogP contribution in [0.4, 0.5) is 4.39 Å². The molecule has 0 aliphatic carbocycles. The standard InChI is InChI=1S/C13H15FN2OS/c1-8-7-18-13(16-8)6-17-12-4-3-10(14)5-11(12)9(2)15/h3-5,7,9H,6,15H2,1-2H3/t9-/m0/s1. The first-order valence-electron chi connectivity index (χ1n) is 5.65. The van der Waals surface area contributed by atoms with Gasteiger partial charge in [-0.3, -0.25) is 0 Å². The summed E-state index contributed by atoms with van der Waals surface area (Å²) in [5.41, 5.74) is 7.44. The molecule has 2 N–H and O–H groups in total. The first-order chi connectivity index (χ1) is 8.56. The maximum atomic E-state index is 13.2. The first-order valence-corrected chi connectivity index (χ1v) is 6.53. The van der Waals surface area contributed by atoms with E-state index in [2.05, 4.69) is 4.98 Å². The fourth-order valence-corrected chi connectivity index (χ4v) is 2.30. The minimum atomic E-state index is -0.306. The summed E-state index contributed by atoms with van der Waals surface area (Å²) < 4.78 is 18.8. The SMILES string of the molecule is Cc1csc(COc2ccc(F)cc2[C@H](C)N)n1. The Balaban J connectivity index is 2.13. The van der Waals surface area contributed by atoms with Crippen molar-refractivity contribution >= 4 is 11.3 Å². The average molecular weight is 266 g/mol. The summed E-state index contributed by atoms with van der Waals surface area (Å²) in [5, 5.41) is 2.86. The molecule has 0 aliphatic heterocycles. The van der Waals surface area contributed by atoms with Crippen LogP contribution < -0.4 is 10.5 Å². The number of hydrogen-bond acceptors (Lipinski definition) is 4. The molecular formula is C13H15FN2OS. The third kappa shape index (κ3) is 3.05. The molecule has 0 radical (unpaired) electrons. The predicted octanol–water partition coefficient (Wildman–Crippen LogP) is 3.19. The number of rotatable bonds is 4. The van der Waals surface area contributed by atoms with E-state index in [4.69, 9.17) is 10.5 Å². The zero-order valence-corrected chi connectivity index (χ0v) is 11.1. The minimum Gasteiger partial charge on any atom is -0.486 e. The number of ether oxygens (including phenoxy) is 1. The molecule has 18 heavy (non-hydrogen) atoms. The number of aryl methyl sites for hydroxylation is 1. The fraction of sp³-hybridized carbons (Fsp3) is 0.308. The van der Waals surface area contributed by atoms with Gasteiger partial charge in [-0.2, -0.15) is 0 Å². The van der Waals surface area contributed by atoms with Crippen LogP contribution in [0.5, 0.6) is 5.75 Å². The van der Waals surface area contributed by atoms with Crippen molar-refractivity contribution in [3.8, 4) is 5.75 Å². The van der Waals surface area contributed by atoms with E-state index >= 15 is 0 Å². The molecule has 1 aromatic heterocycles. The molecule has 0 bridgehead atoms. The summed E-state index contributed by atoms with van der Waals surface area (Å²) in [4.78, 5) is 4.31. The lowest BCUT2D eigenvalue weighted by Crippen LogP contribution is -2.08. The molecule has 5 heteroatoms. The van der Waals surface area contributed by atoms with Gasteiger partial charge in [0.05, 0.1) is 0 Å². The Kier molecular flexibility index (Phi) is 3.93. The zero-order chi connectivity index (χ0) is 13.1. The topological polar surface area (TPSA) is 48.1 Å². The van der Waals surface area contributed by atoms with E-state index in [1.807, 2.05) is 12.3 Å². The molecular weight excluding hydrogens is 251 g/mol. The van der Waals surface area contributed by atoms with Crippen molar-refractivity contribution < 1.29 is 9.13 Å². The van der Waals surface area contributed by atoms with E-state index in [9.17, 15) is 4.39 Å². The zero-order valence-electron chi connectivity index (χ0n) is 10.3. The second kappa shape index (κ2) is 5.46. The largest absolute Gasteiger partial charge is 0.486 e. The summed E-state index contributed by atoms with van der Waals surface area (Å²) in [7, 11) is 0. The molecule has 1 aromatic carbocycles. The molecule has 3 nitrogen and oxygen atoms in total. The Bertz CT molecular complexity index is 540. The number of thiazole rings is 1. The van der Waals surface area contributed by atoms with Gasteiger partial charge in [-0.05, 0) is 32.0 Å². The van der Waals surface area contributed by atoms with Crippen LogP contribution in [0.1, 0.15) is 29.2 Å². The van der Waals surface area contributed by atoms with Crippen LogP contribution in [-0.2, 0) is 6.61 Å². The molecule has 0 aliphatic rings. The van der Waals surface area contributed by atoms with E-state index in [1.54, 1.807) is 24.3 Å². The van der Waals surface area contributed by atoms with Gasteiger partial charge in [0.25, 0.3) is 0 Å². The van der Waals surface area contributed by atoms with Gasteiger partial charge in [-0.15, -0.1) is 11.3 Å². The van der Waals surface area contributed by atoms with Crippen LogP contribution in [0.3, 0.4) is 0 Å². The van der Waals surface area contributed by atoms with Gasteiger partial charge in [0.1, 0.15) is 23.2 Å². The molecule has 1 heterocycles. The van der Waals surface area contributed by atoms with E-state index in [1.165, 1.54) is 12.1 Å². The number of benzene rings is 1. The lowest BCUT2D eigenvalue weighted by atomic mass is 10.1. The molecule has 2 rings (SSSR count). The van der Waals surface area contributed by atoms with Crippen LogP contribution in [0.2, 0.25) is 0 Å². The van der Waals surface area contributed by atoms with Crippen molar-refractivity contribution in [2.24, 2.45) is 5.73 Å². The molecule has 0 saturated heterocycles. The Morgan fingerprint density at radius 2 is 2.28 bits per heavy atom.